The van der Waals surface area contributed by atoms with Crippen LogP contribution in [0.2, 0.25) is 0 Å². The van der Waals surface area contributed by atoms with Gasteiger partial charge in [-0.05, 0) is 42.0 Å². The van der Waals surface area contributed by atoms with Gasteiger partial charge in [0.15, 0.2) is 0 Å². The van der Waals surface area contributed by atoms with Crippen molar-refractivity contribution in [1.29, 1.82) is 0 Å². The van der Waals surface area contributed by atoms with Crippen molar-refractivity contribution < 1.29 is 18.3 Å². The van der Waals surface area contributed by atoms with Gasteiger partial charge in [0, 0.05) is 0 Å². The number of halogens is 3. The maximum atomic E-state index is 12.5. The Kier molecular flexibility index (Phi) is 4.11. The molecule has 1 atom stereocenters. The first-order valence-corrected chi connectivity index (χ1v) is 5.95. The molecule has 1 N–H and O–H groups in total. The van der Waals surface area contributed by atoms with Crippen LogP contribution in [-0.4, -0.2) is 5.11 Å². The van der Waals surface area contributed by atoms with Gasteiger partial charge in [-0.3, -0.25) is 0 Å². The molecule has 0 heterocycles. The summed E-state index contributed by atoms with van der Waals surface area (Å²) in [6.07, 6.45) is -4.35. The maximum Gasteiger partial charge on any atom is 0.416 e. The van der Waals surface area contributed by atoms with E-state index in [1.807, 2.05) is 20.8 Å². The molecule has 0 aromatic heterocycles. The molecule has 0 aliphatic rings. The smallest absolute Gasteiger partial charge is 0.388 e. The highest BCUT2D eigenvalue weighted by Crippen LogP contribution is 2.39. The van der Waals surface area contributed by atoms with Crippen molar-refractivity contribution in [2.45, 2.75) is 46.4 Å². The molecule has 1 rings (SSSR count). The summed E-state index contributed by atoms with van der Waals surface area (Å²) < 4.78 is 37.6. The number of hydrogen-bond donors (Lipinski definition) is 1. The second kappa shape index (κ2) is 4.92. The van der Waals surface area contributed by atoms with Crippen LogP contribution in [0.25, 0.3) is 0 Å². The number of alkyl halides is 3. The zero-order valence-electron chi connectivity index (χ0n) is 11.1. The molecule has 0 saturated carbocycles. The molecule has 0 aliphatic carbocycles. The van der Waals surface area contributed by atoms with Gasteiger partial charge in [0.05, 0.1) is 11.7 Å². The van der Waals surface area contributed by atoms with Crippen molar-refractivity contribution in [1.82, 2.24) is 0 Å². The highest BCUT2D eigenvalue weighted by atomic mass is 19.4. The highest BCUT2D eigenvalue weighted by molar-refractivity contribution is 5.34. The van der Waals surface area contributed by atoms with Gasteiger partial charge >= 0.3 is 6.18 Å². The Morgan fingerprint density at radius 1 is 1.22 bits per heavy atom. The fourth-order valence-electron chi connectivity index (χ4n) is 1.77. The van der Waals surface area contributed by atoms with Crippen molar-refractivity contribution >= 4 is 0 Å². The Balaban J connectivity index is 3.14. The van der Waals surface area contributed by atoms with Crippen LogP contribution in [0.5, 0.6) is 0 Å². The fraction of sp³-hybridized carbons (Fsp3) is 0.571. The summed E-state index contributed by atoms with van der Waals surface area (Å²) in [7, 11) is 0. The zero-order valence-corrected chi connectivity index (χ0v) is 11.1. The van der Waals surface area contributed by atoms with Crippen LogP contribution in [0.1, 0.15) is 50.0 Å². The van der Waals surface area contributed by atoms with E-state index in [9.17, 15) is 18.3 Å². The SMILES string of the molecule is CCC(C)(C)C(O)c1ccc(C(F)(F)F)cc1C. The molecule has 1 nitrogen and oxygen atoms in total. The molecular weight excluding hydrogens is 241 g/mol. The van der Waals surface area contributed by atoms with E-state index in [-0.39, 0.29) is 5.41 Å². The molecule has 18 heavy (non-hydrogen) atoms. The summed E-state index contributed by atoms with van der Waals surface area (Å²) >= 11 is 0. The Bertz CT molecular complexity index is 422. The van der Waals surface area contributed by atoms with Crippen LogP contribution in [0.4, 0.5) is 13.2 Å². The van der Waals surface area contributed by atoms with E-state index in [4.69, 9.17) is 0 Å². The van der Waals surface area contributed by atoms with Crippen LogP contribution in [0.15, 0.2) is 18.2 Å². The van der Waals surface area contributed by atoms with Gasteiger partial charge in [-0.15, -0.1) is 0 Å². The number of aliphatic hydroxyl groups is 1. The monoisotopic (exact) mass is 260 g/mol. The maximum absolute atomic E-state index is 12.5. The molecule has 0 radical (unpaired) electrons. The van der Waals surface area contributed by atoms with Gasteiger partial charge in [0.25, 0.3) is 0 Å². The van der Waals surface area contributed by atoms with Gasteiger partial charge in [-0.25, -0.2) is 0 Å². The second-order valence-electron chi connectivity index (χ2n) is 5.31. The third-order valence-electron chi connectivity index (χ3n) is 3.54. The van der Waals surface area contributed by atoms with Crippen LogP contribution in [0, 0.1) is 12.3 Å². The van der Waals surface area contributed by atoms with Gasteiger partial charge in [0.1, 0.15) is 0 Å². The largest absolute Gasteiger partial charge is 0.416 e. The Hall–Kier alpha value is -1.03. The summed E-state index contributed by atoms with van der Waals surface area (Å²) in [6, 6.07) is 3.49. The molecular formula is C14H19F3O. The average molecular weight is 260 g/mol. The summed E-state index contributed by atoms with van der Waals surface area (Å²) in [5.41, 5.74) is 0.00351. The number of rotatable bonds is 3. The van der Waals surface area contributed by atoms with E-state index in [1.54, 1.807) is 6.92 Å². The first kappa shape index (κ1) is 15.0. The lowest BCUT2D eigenvalue weighted by Gasteiger charge is -2.30. The summed E-state index contributed by atoms with van der Waals surface area (Å²) in [4.78, 5) is 0. The number of aryl methyl sites for hydroxylation is 1. The lowest BCUT2D eigenvalue weighted by Crippen LogP contribution is -2.22. The van der Waals surface area contributed by atoms with Gasteiger partial charge < -0.3 is 5.11 Å². The first-order chi connectivity index (χ1) is 8.09. The molecule has 1 aromatic rings. The molecule has 0 bridgehead atoms. The van der Waals surface area contributed by atoms with E-state index >= 15 is 0 Å². The standard InChI is InChI=1S/C14H19F3O/c1-5-13(3,4)12(18)11-7-6-10(8-9(11)2)14(15,16)17/h6-8,12,18H,5H2,1-4H3. The lowest BCUT2D eigenvalue weighted by molar-refractivity contribution is -0.137. The second-order valence-corrected chi connectivity index (χ2v) is 5.31. The van der Waals surface area contributed by atoms with E-state index < -0.39 is 17.8 Å². The summed E-state index contributed by atoms with van der Waals surface area (Å²) in [5, 5.41) is 10.2. The Labute approximate surface area is 106 Å². The number of aliphatic hydroxyl groups excluding tert-OH is 1. The topological polar surface area (TPSA) is 20.2 Å². The minimum Gasteiger partial charge on any atom is -0.388 e. The van der Waals surface area contributed by atoms with E-state index in [1.165, 1.54) is 6.07 Å². The number of benzene rings is 1. The molecule has 0 fully saturated rings. The van der Waals surface area contributed by atoms with Crippen molar-refractivity contribution in [2.75, 3.05) is 0 Å². The zero-order chi connectivity index (χ0) is 14.1. The normalized spacial score (nSPS) is 14.7. The Morgan fingerprint density at radius 2 is 1.78 bits per heavy atom. The highest BCUT2D eigenvalue weighted by Gasteiger charge is 2.33. The third-order valence-corrected chi connectivity index (χ3v) is 3.54. The van der Waals surface area contributed by atoms with Crippen LogP contribution >= 0.6 is 0 Å². The van der Waals surface area contributed by atoms with E-state index in [0.29, 0.717) is 11.1 Å². The predicted octanol–water partition coefficient (Wildman–Crippen LogP) is 4.48. The van der Waals surface area contributed by atoms with Gasteiger partial charge in [-0.2, -0.15) is 13.2 Å². The quantitative estimate of drug-likeness (QED) is 0.849. The molecule has 0 spiro atoms. The predicted molar refractivity (Wildman–Crippen MR) is 65.2 cm³/mol. The molecule has 0 amide bonds. The molecule has 0 aliphatic heterocycles. The van der Waals surface area contributed by atoms with Crippen molar-refractivity contribution in [3.8, 4) is 0 Å². The van der Waals surface area contributed by atoms with E-state index in [0.717, 1.165) is 18.6 Å². The van der Waals surface area contributed by atoms with E-state index in [2.05, 4.69) is 0 Å². The van der Waals surface area contributed by atoms with Gasteiger partial charge in [-0.1, -0.05) is 26.8 Å². The van der Waals surface area contributed by atoms with Gasteiger partial charge in [0.2, 0.25) is 0 Å². The molecule has 0 saturated heterocycles. The molecule has 102 valence electrons. The fourth-order valence-corrected chi connectivity index (χ4v) is 1.77. The third kappa shape index (κ3) is 3.05. The van der Waals surface area contributed by atoms with Crippen molar-refractivity contribution in [2.24, 2.45) is 5.41 Å². The Morgan fingerprint density at radius 3 is 2.17 bits per heavy atom. The molecule has 1 unspecified atom stereocenters. The minimum absolute atomic E-state index is 0.357. The van der Waals surface area contributed by atoms with Crippen molar-refractivity contribution in [3.05, 3.63) is 34.9 Å². The van der Waals surface area contributed by atoms with Crippen LogP contribution < -0.4 is 0 Å². The molecule has 4 heteroatoms. The summed E-state index contributed by atoms with van der Waals surface area (Å²) in [6.45, 7) is 7.34. The molecule has 1 aromatic carbocycles. The average Bonchev–Trinajstić information content (AvgIpc) is 2.26. The first-order valence-electron chi connectivity index (χ1n) is 5.95. The van der Waals surface area contributed by atoms with Crippen LogP contribution in [-0.2, 0) is 6.18 Å². The van der Waals surface area contributed by atoms with Crippen LogP contribution in [0.3, 0.4) is 0 Å². The minimum atomic E-state index is -4.34. The summed E-state index contributed by atoms with van der Waals surface area (Å²) in [5.74, 6) is 0. The number of hydrogen-bond acceptors (Lipinski definition) is 1. The van der Waals surface area contributed by atoms with Crippen molar-refractivity contribution in [3.63, 3.8) is 0 Å². The lowest BCUT2D eigenvalue weighted by atomic mass is 9.79.